The number of aromatic nitrogens is 1. The Bertz CT molecular complexity index is 652. The second-order valence-corrected chi connectivity index (χ2v) is 5.81. The number of fused-ring (bicyclic) bond motifs is 1. The van der Waals surface area contributed by atoms with Gasteiger partial charge in [-0.25, -0.2) is 4.79 Å². The predicted octanol–water partition coefficient (Wildman–Crippen LogP) is 3.15. The average molecular weight is 270 g/mol. The van der Waals surface area contributed by atoms with Crippen molar-refractivity contribution >= 4 is 23.1 Å². The highest BCUT2D eigenvalue weighted by atomic mass is 16.4. The molecule has 0 fully saturated rings. The molecule has 1 aromatic heterocycles. The van der Waals surface area contributed by atoms with Crippen LogP contribution < -0.4 is 0 Å². The van der Waals surface area contributed by atoms with E-state index in [1.54, 1.807) is 12.4 Å². The fourth-order valence-corrected chi connectivity index (χ4v) is 2.04. The molecule has 20 heavy (non-hydrogen) atoms. The molecule has 1 N–H and O–H groups in total. The van der Waals surface area contributed by atoms with Crippen LogP contribution in [0.2, 0.25) is 0 Å². The minimum absolute atomic E-state index is 0.430. The molecule has 1 atom stereocenters. The van der Waals surface area contributed by atoms with Crippen molar-refractivity contribution in [1.29, 1.82) is 0 Å². The van der Waals surface area contributed by atoms with Gasteiger partial charge in [0.1, 0.15) is 0 Å². The normalized spacial score (nSPS) is 13.8. The minimum atomic E-state index is -0.915. The fraction of sp³-hybridized carbons (Fsp3) is 0.312. The highest BCUT2D eigenvalue weighted by molar-refractivity contribution is 5.98. The first kappa shape index (κ1) is 14.2. The molecule has 0 saturated heterocycles. The quantitative estimate of drug-likeness (QED) is 0.871. The number of hydrogen-bond donors (Lipinski definition) is 1. The number of aliphatic carboxylic acids is 1. The lowest BCUT2D eigenvalue weighted by Crippen LogP contribution is -2.32. The van der Waals surface area contributed by atoms with Gasteiger partial charge in [-0.05, 0) is 11.5 Å². The third-order valence-corrected chi connectivity index (χ3v) is 3.08. The second kappa shape index (κ2) is 5.41. The van der Waals surface area contributed by atoms with Crippen molar-refractivity contribution in [3.63, 3.8) is 0 Å². The molecule has 0 aliphatic heterocycles. The van der Waals surface area contributed by atoms with Crippen LogP contribution in [0.4, 0.5) is 0 Å². The van der Waals surface area contributed by atoms with Crippen molar-refractivity contribution in [2.75, 3.05) is 0 Å². The van der Waals surface area contributed by atoms with E-state index in [1.807, 2.05) is 51.1 Å². The number of pyridine rings is 1. The molecule has 1 aromatic carbocycles. The minimum Gasteiger partial charge on any atom is -0.480 e. The maximum atomic E-state index is 11.3. The number of nitrogens with zero attached hydrogens (tertiary/aromatic N) is 2. The van der Waals surface area contributed by atoms with E-state index >= 15 is 0 Å². The molecule has 0 radical (unpaired) electrons. The molecule has 0 saturated carbocycles. The van der Waals surface area contributed by atoms with Crippen LogP contribution in [0.15, 0.2) is 41.5 Å². The first-order chi connectivity index (χ1) is 9.39. The molecular weight excluding hydrogens is 252 g/mol. The molecule has 2 aromatic rings. The van der Waals surface area contributed by atoms with Gasteiger partial charge in [0.15, 0.2) is 6.04 Å². The Morgan fingerprint density at radius 1 is 1.30 bits per heavy atom. The summed E-state index contributed by atoms with van der Waals surface area (Å²) in [6, 6.07) is 8.84. The predicted molar refractivity (Wildman–Crippen MR) is 80.2 cm³/mol. The maximum absolute atomic E-state index is 11.3. The van der Waals surface area contributed by atoms with Crippen molar-refractivity contribution < 1.29 is 9.90 Å². The van der Waals surface area contributed by atoms with Gasteiger partial charge >= 0.3 is 5.97 Å². The number of aliphatic imine (C=N–C) groups is 1. The SMILES string of the molecule is CC(C)(C)[C@H](/N=C/c1cccc2cccnc12)C(=O)O. The van der Waals surface area contributed by atoms with Crippen LogP contribution >= 0.6 is 0 Å². The Hall–Kier alpha value is -2.23. The number of carboxylic acid groups (broad SMARTS) is 1. The van der Waals surface area contributed by atoms with Gasteiger partial charge < -0.3 is 5.11 Å². The molecule has 2 rings (SSSR count). The van der Waals surface area contributed by atoms with E-state index in [2.05, 4.69) is 9.98 Å². The highest BCUT2D eigenvalue weighted by Gasteiger charge is 2.30. The largest absolute Gasteiger partial charge is 0.480 e. The van der Waals surface area contributed by atoms with Gasteiger partial charge in [0.25, 0.3) is 0 Å². The lowest BCUT2D eigenvalue weighted by Gasteiger charge is -2.23. The zero-order chi connectivity index (χ0) is 14.8. The van der Waals surface area contributed by atoms with Crippen molar-refractivity contribution in [3.05, 3.63) is 42.1 Å². The van der Waals surface area contributed by atoms with Gasteiger partial charge in [-0.2, -0.15) is 0 Å². The fourth-order valence-electron chi connectivity index (χ4n) is 2.04. The van der Waals surface area contributed by atoms with E-state index in [9.17, 15) is 9.90 Å². The highest BCUT2D eigenvalue weighted by Crippen LogP contribution is 2.23. The lowest BCUT2D eigenvalue weighted by atomic mass is 9.87. The number of benzene rings is 1. The Balaban J connectivity index is 2.41. The molecule has 0 amide bonds. The monoisotopic (exact) mass is 270 g/mol. The number of carbonyl (C=O) groups is 1. The van der Waals surface area contributed by atoms with Crippen LogP contribution in [-0.4, -0.2) is 28.3 Å². The van der Waals surface area contributed by atoms with Gasteiger partial charge in [0.2, 0.25) is 0 Å². The topological polar surface area (TPSA) is 62.5 Å². The molecule has 4 heteroatoms. The smallest absolute Gasteiger partial charge is 0.328 e. The van der Waals surface area contributed by atoms with Crippen LogP contribution in [-0.2, 0) is 4.79 Å². The third kappa shape index (κ3) is 3.02. The zero-order valence-corrected chi connectivity index (χ0v) is 11.9. The Kier molecular flexibility index (Phi) is 3.84. The van der Waals surface area contributed by atoms with Crippen LogP contribution in [0.1, 0.15) is 26.3 Å². The summed E-state index contributed by atoms with van der Waals surface area (Å²) in [5.74, 6) is -0.915. The number of carboxylic acids is 1. The standard InChI is InChI=1S/C16H18N2O2/c1-16(2,3)14(15(19)20)18-10-12-7-4-6-11-8-5-9-17-13(11)12/h4-10,14H,1-3H3,(H,19,20)/b18-10+/t14-/m1/s1. The van der Waals surface area contributed by atoms with Gasteiger partial charge in [0.05, 0.1) is 5.52 Å². The average Bonchev–Trinajstić information content (AvgIpc) is 2.37. The van der Waals surface area contributed by atoms with Crippen LogP contribution in [0.25, 0.3) is 10.9 Å². The van der Waals surface area contributed by atoms with Crippen molar-refractivity contribution in [2.45, 2.75) is 26.8 Å². The van der Waals surface area contributed by atoms with Crippen LogP contribution in [0.3, 0.4) is 0 Å². The molecule has 1 heterocycles. The van der Waals surface area contributed by atoms with Crippen LogP contribution in [0, 0.1) is 5.41 Å². The summed E-state index contributed by atoms with van der Waals surface area (Å²) in [5, 5.41) is 10.3. The zero-order valence-electron chi connectivity index (χ0n) is 11.9. The number of hydrogen-bond acceptors (Lipinski definition) is 3. The molecule has 0 bridgehead atoms. The molecule has 0 aliphatic rings. The van der Waals surface area contributed by atoms with E-state index in [0.717, 1.165) is 16.5 Å². The van der Waals surface area contributed by atoms with E-state index < -0.39 is 17.4 Å². The summed E-state index contributed by atoms with van der Waals surface area (Å²) in [6.45, 7) is 5.60. The summed E-state index contributed by atoms with van der Waals surface area (Å²) < 4.78 is 0. The van der Waals surface area contributed by atoms with Crippen molar-refractivity contribution in [3.8, 4) is 0 Å². The molecule has 0 unspecified atom stereocenters. The van der Waals surface area contributed by atoms with Gasteiger partial charge in [-0.1, -0.05) is 45.0 Å². The maximum Gasteiger partial charge on any atom is 0.328 e. The van der Waals surface area contributed by atoms with Gasteiger partial charge in [-0.3, -0.25) is 9.98 Å². The summed E-state index contributed by atoms with van der Waals surface area (Å²) in [7, 11) is 0. The molecular formula is C16H18N2O2. The Labute approximate surface area is 118 Å². The third-order valence-electron chi connectivity index (χ3n) is 3.08. The van der Waals surface area contributed by atoms with Crippen molar-refractivity contribution in [2.24, 2.45) is 10.4 Å². The lowest BCUT2D eigenvalue weighted by molar-refractivity contribution is -0.140. The second-order valence-electron chi connectivity index (χ2n) is 5.81. The van der Waals surface area contributed by atoms with Gasteiger partial charge in [0, 0.05) is 23.4 Å². The Morgan fingerprint density at radius 3 is 2.65 bits per heavy atom. The van der Waals surface area contributed by atoms with E-state index in [0.29, 0.717) is 0 Å². The molecule has 0 aliphatic carbocycles. The summed E-state index contributed by atoms with van der Waals surface area (Å²) >= 11 is 0. The molecule has 4 nitrogen and oxygen atoms in total. The van der Waals surface area contributed by atoms with Gasteiger partial charge in [-0.15, -0.1) is 0 Å². The summed E-state index contributed by atoms with van der Waals surface area (Å²) in [6.07, 6.45) is 3.33. The summed E-state index contributed by atoms with van der Waals surface area (Å²) in [4.78, 5) is 19.9. The van der Waals surface area contributed by atoms with Crippen molar-refractivity contribution in [1.82, 2.24) is 4.98 Å². The van der Waals surface area contributed by atoms with E-state index in [1.165, 1.54) is 0 Å². The number of para-hydroxylation sites is 1. The first-order valence-electron chi connectivity index (χ1n) is 6.49. The first-order valence-corrected chi connectivity index (χ1v) is 6.49. The molecule has 104 valence electrons. The van der Waals surface area contributed by atoms with E-state index in [-0.39, 0.29) is 0 Å². The summed E-state index contributed by atoms with van der Waals surface area (Å²) in [5.41, 5.74) is 1.23. The van der Waals surface area contributed by atoms with E-state index in [4.69, 9.17) is 0 Å². The number of rotatable bonds is 3. The van der Waals surface area contributed by atoms with Crippen LogP contribution in [0.5, 0.6) is 0 Å². The Morgan fingerprint density at radius 2 is 2.00 bits per heavy atom. The molecule has 0 spiro atoms.